The van der Waals surface area contributed by atoms with Crippen LogP contribution in [0.15, 0.2) is 35.5 Å². The molecule has 2 aromatic heterocycles. The number of pyridine rings is 1. The van der Waals surface area contributed by atoms with Crippen LogP contribution in [0, 0.1) is 5.92 Å². The topological polar surface area (TPSA) is 126 Å². The van der Waals surface area contributed by atoms with Crippen molar-refractivity contribution < 1.29 is 32.6 Å². The van der Waals surface area contributed by atoms with E-state index in [0.717, 1.165) is 60.4 Å². The van der Waals surface area contributed by atoms with E-state index in [4.69, 9.17) is 19.6 Å². The van der Waals surface area contributed by atoms with Crippen LogP contribution < -0.4 is 10.2 Å². The number of carbonyl (C=O) groups excluding carboxylic acids is 1. The lowest BCUT2D eigenvalue weighted by Crippen LogP contribution is -2.49. The van der Waals surface area contributed by atoms with E-state index in [1.54, 1.807) is 18.1 Å². The first-order valence-corrected chi connectivity index (χ1v) is 16.8. The minimum absolute atomic E-state index is 0.0264. The molecule has 11 nitrogen and oxygen atoms in total. The Morgan fingerprint density at radius 1 is 1.23 bits per heavy atom. The Balaban J connectivity index is 0.000000559. The fraction of sp³-hybridized carbons (Fsp3) is 0.531. The van der Waals surface area contributed by atoms with E-state index >= 15 is 0 Å². The minimum atomic E-state index is -5.08. The molecule has 1 aromatic carbocycles. The van der Waals surface area contributed by atoms with Gasteiger partial charge in [-0.1, -0.05) is 6.92 Å². The second kappa shape index (κ2) is 14.2. The zero-order valence-corrected chi connectivity index (χ0v) is 27.7. The van der Waals surface area contributed by atoms with Crippen molar-refractivity contribution >= 4 is 35.3 Å². The Morgan fingerprint density at radius 3 is 2.55 bits per heavy atom. The predicted octanol–water partition coefficient (Wildman–Crippen LogP) is 4.90. The molecule has 47 heavy (non-hydrogen) atoms. The van der Waals surface area contributed by atoms with Gasteiger partial charge in [0.25, 0.3) is 5.91 Å². The molecule has 15 heteroatoms. The monoisotopic (exact) mass is 675 g/mol. The Kier molecular flexibility index (Phi) is 10.5. The lowest BCUT2D eigenvalue weighted by molar-refractivity contribution is -0.192. The van der Waals surface area contributed by atoms with Gasteiger partial charge in [0.1, 0.15) is 23.8 Å². The molecule has 0 spiro atoms. The van der Waals surface area contributed by atoms with Gasteiger partial charge in [0, 0.05) is 49.0 Å². The largest absolute Gasteiger partial charge is 0.490 e. The summed E-state index contributed by atoms with van der Waals surface area (Å²) < 4.78 is 39.4. The number of halogens is 3. The number of alkyl halides is 3. The van der Waals surface area contributed by atoms with Crippen LogP contribution in [-0.2, 0) is 41.5 Å². The highest BCUT2D eigenvalue weighted by atomic mass is 32.2. The van der Waals surface area contributed by atoms with Gasteiger partial charge in [0.05, 0.1) is 19.8 Å². The van der Waals surface area contributed by atoms with Crippen molar-refractivity contribution in [1.82, 2.24) is 24.6 Å². The molecule has 0 radical (unpaired) electrons. The number of anilines is 2. The maximum atomic E-state index is 14.0. The number of aliphatic carboxylic acids is 1. The molecular formula is C32H40F3N7O4S. The van der Waals surface area contributed by atoms with Gasteiger partial charge in [-0.3, -0.25) is 14.6 Å². The van der Waals surface area contributed by atoms with Crippen LogP contribution in [-0.4, -0.2) is 86.9 Å². The third-order valence-electron chi connectivity index (χ3n) is 8.79. The van der Waals surface area contributed by atoms with Crippen LogP contribution in [0.5, 0.6) is 0 Å². The third kappa shape index (κ3) is 7.73. The van der Waals surface area contributed by atoms with Crippen molar-refractivity contribution in [2.75, 3.05) is 49.3 Å². The summed E-state index contributed by atoms with van der Waals surface area (Å²) in [6.07, 6.45) is 2.01. The van der Waals surface area contributed by atoms with E-state index in [-0.39, 0.29) is 11.3 Å². The number of rotatable bonds is 9. The van der Waals surface area contributed by atoms with Gasteiger partial charge in [-0.05, 0) is 79.4 Å². The van der Waals surface area contributed by atoms with Crippen molar-refractivity contribution in [3.63, 3.8) is 0 Å². The molecule has 0 aliphatic carbocycles. The summed E-state index contributed by atoms with van der Waals surface area (Å²) in [6.45, 7) is 9.99. The van der Waals surface area contributed by atoms with Gasteiger partial charge in [0.15, 0.2) is 0 Å². The Hall–Kier alpha value is -3.69. The van der Waals surface area contributed by atoms with Crippen molar-refractivity contribution in [1.29, 1.82) is 0 Å². The first-order valence-electron chi connectivity index (χ1n) is 15.5. The number of thioether (sulfide) groups is 1. The van der Waals surface area contributed by atoms with Crippen molar-refractivity contribution in [3.8, 4) is 0 Å². The Labute approximate surface area is 275 Å². The number of carboxylic acids is 1. The predicted molar refractivity (Wildman–Crippen MR) is 172 cm³/mol. The van der Waals surface area contributed by atoms with Crippen LogP contribution in [0.1, 0.15) is 59.6 Å². The van der Waals surface area contributed by atoms with Gasteiger partial charge < -0.3 is 19.7 Å². The SMILES string of the molecule is CCNc1cc(C2(Cc3nncn3C)COC2)cc(N2Cc3c(SC)cc(CN4CCC[C@H](C)C4)cc3C2=O)n1.O=C(O)C(F)(F)F. The molecule has 0 saturated carbocycles. The second-order valence-electron chi connectivity index (χ2n) is 12.4. The molecule has 1 amide bonds. The fourth-order valence-corrected chi connectivity index (χ4v) is 6.99. The van der Waals surface area contributed by atoms with Crippen LogP contribution in [0.25, 0.3) is 0 Å². The molecule has 3 aliphatic heterocycles. The smallest absolute Gasteiger partial charge is 0.475 e. The molecule has 2 saturated heterocycles. The van der Waals surface area contributed by atoms with Gasteiger partial charge in [0.2, 0.25) is 0 Å². The molecule has 2 fully saturated rings. The number of likely N-dealkylation sites (tertiary alicyclic amines) is 1. The number of carboxylic acid groups (broad SMARTS) is 1. The quantitative estimate of drug-likeness (QED) is 0.303. The normalized spacial score (nSPS) is 19.1. The summed E-state index contributed by atoms with van der Waals surface area (Å²) in [5.74, 6) is 0.357. The number of hydrogen-bond donors (Lipinski definition) is 2. The zero-order valence-electron chi connectivity index (χ0n) is 26.9. The maximum absolute atomic E-state index is 14.0. The van der Waals surface area contributed by atoms with Crippen molar-refractivity contribution in [2.45, 2.75) is 62.7 Å². The number of nitrogens with one attached hydrogen (secondary N) is 1. The summed E-state index contributed by atoms with van der Waals surface area (Å²) in [5.41, 5.74) is 4.01. The summed E-state index contributed by atoms with van der Waals surface area (Å²) in [6, 6.07) is 8.60. The highest BCUT2D eigenvalue weighted by Crippen LogP contribution is 2.40. The maximum Gasteiger partial charge on any atom is 0.490 e. The summed E-state index contributed by atoms with van der Waals surface area (Å²) in [4.78, 5) is 33.3. The van der Waals surface area contributed by atoms with E-state index in [1.807, 2.05) is 16.5 Å². The number of hydrogen-bond acceptors (Lipinski definition) is 9. The number of piperidine rings is 1. The number of carbonyl (C=O) groups is 2. The van der Waals surface area contributed by atoms with E-state index in [1.165, 1.54) is 23.3 Å². The summed E-state index contributed by atoms with van der Waals surface area (Å²) in [5, 5.41) is 18.9. The van der Waals surface area contributed by atoms with Gasteiger partial charge in [-0.15, -0.1) is 22.0 Å². The number of aromatic nitrogens is 4. The first-order chi connectivity index (χ1) is 22.3. The number of amides is 1. The number of fused-ring (bicyclic) bond motifs is 1. The van der Waals surface area contributed by atoms with Crippen LogP contribution in [0.3, 0.4) is 0 Å². The van der Waals surface area contributed by atoms with E-state index in [9.17, 15) is 18.0 Å². The number of benzene rings is 1. The van der Waals surface area contributed by atoms with Crippen LogP contribution >= 0.6 is 11.8 Å². The molecule has 3 aliphatic rings. The fourth-order valence-electron chi connectivity index (χ4n) is 6.30. The highest BCUT2D eigenvalue weighted by molar-refractivity contribution is 7.98. The average Bonchev–Trinajstić information content (AvgIpc) is 3.56. The van der Waals surface area contributed by atoms with Crippen molar-refractivity contribution in [2.24, 2.45) is 13.0 Å². The average molecular weight is 676 g/mol. The first kappa shape index (κ1) is 34.6. The molecule has 6 rings (SSSR count). The molecule has 5 heterocycles. The number of nitrogens with zero attached hydrogens (tertiary/aromatic N) is 6. The lowest BCUT2D eigenvalue weighted by Gasteiger charge is -2.42. The van der Waals surface area contributed by atoms with E-state index in [0.29, 0.717) is 32.0 Å². The number of aryl methyl sites for hydroxylation is 1. The summed E-state index contributed by atoms with van der Waals surface area (Å²) in [7, 11) is 1.97. The molecule has 0 bridgehead atoms. The van der Waals surface area contributed by atoms with Gasteiger partial charge in [-0.25, -0.2) is 9.78 Å². The second-order valence-corrected chi connectivity index (χ2v) is 13.3. The molecular weight excluding hydrogens is 635 g/mol. The molecule has 2 N–H and O–H groups in total. The number of ether oxygens (including phenoxy) is 1. The minimum Gasteiger partial charge on any atom is -0.475 e. The lowest BCUT2D eigenvalue weighted by atomic mass is 9.75. The van der Waals surface area contributed by atoms with Crippen LogP contribution in [0.4, 0.5) is 24.8 Å². The van der Waals surface area contributed by atoms with Crippen molar-refractivity contribution in [3.05, 3.63) is 58.7 Å². The standard InChI is InChI=1S/C30H39N7O2S.C2HF3O2/c1-5-31-26-11-22(30(17-39-18-30)13-28-34-32-19-35(28)3)12-27(33-26)37-16-24-23(29(37)38)9-21(10-25(24)40-4)15-36-8-6-7-20(2)14-36;3-2(4,5)1(6)7/h9-12,19-20H,5-8,13-18H2,1-4H3,(H,31,33);(H,6,7)/t20-;/m0./s1. The third-order valence-corrected chi connectivity index (χ3v) is 9.59. The zero-order chi connectivity index (χ0) is 33.9. The highest BCUT2D eigenvalue weighted by Gasteiger charge is 2.43. The van der Waals surface area contributed by atoms with Gasteiger partial charge >= 0.3 is 12.1 Å². The van der Waals surface area contributed by atoms with Crippen LogP contribution in [0.2, 0.25) is 0 Å². The van der Waals surface area contributed by atoms with E-state index < -0.39 is 12.1 Å². The molecule has 0 unspecified atom stereocenters. The van der Waals surface area contributed by atoms with E-state index in [2.05, 4.69) is 64.8 Å². The molecule has 254 valence electrons. The molecule has 3 aromatic rings. The Morgan fingerprint density at radius 2 is 1.98 bits per heavy atom. The molecule has 1 atom stereocenters. The Bertz CT molecular complexity index is 1610. The summed E-state index contributed by atoms with van der Waals surface area (Å²) >= 11 is 1.72. The van der Waals surface area contributed by atoms with Gasteiger partial charge in [-0.2, -0.15) is 13.2 Å².